The van der Waals surface area contributed by atoms with Crippen molar-refractivity contribution in [1.29, 1.82) is 0 Å². The number of esters is 1. The van der Waals surface area contributed by atoms with Gasteiger partial charge < -0.3 is 10.5 Å². The monoisotopic (exact) mass is 211 g/mol. The van der Waals surface area contributed by atoms with Crippen LogP contribution in [0.3, 0.4) is 0 Å². The van der Waals surface area contributed by atoms with E-state index < -0.39 is 17.6 Å². The fourth-order valence-electron chi connectivity index (χ4n) is 0.830. The summed E-state index contributed by atoms with van der Waals surface area (Å²) in [5.41, 5.74) is 4.56. The molecule has 0 bridgehead atoms. The lowest BCUT2D eigenvalue weighted by atomic mass is 10.2. The smallest absolute Gasteiger partial charge is 0.384 e. The van der Waals surface area contributed by atoms with E-state index in [9.17, 15) is 13.6 Å². The second kappa shape index (κ2) is 4.42. The lowest BCUT2D eigenvalue weighted by Gasteiger charge is -1.99. The first-order valence-electron chi connectivity index (χ1n) is 3.89. The average Bonchev–Trinajstić information content (AvgIpc) is 2.24. The van der Waals surface area contributed by atoms with Crippen LogP contribution >= 0.6 is 0 Å². The van der Waals surface area contributed by atoms with Crippen LogP contribution in [0.15, 0.2) is 12.1 Å². The third-order valence-corrected chi connectivity index (χ3v) is 1.60. The molecule has 78 valence electrons. The molecule has 1 aromatic rings. The minimum atomic E-state index is -1.17. The van der Waals surface area contributed by atoms with E-state index in [1.54, 1.807) is 0 Å². The molecule has 2 N–H and O–H groups in total. The number of benzene rings is 1. The van der Waals surface area contributed by atoms with Gasteiger partial charge in [-0.25, -0.2) is 13.6 Å². The molecular formula is C10H7F2NO2. The van der Waals surface area contributed by atoms with Gasteiger partial charge in [0.25, 0.3) is 0 Å². The van der Waals surface area contributed by atoms with Gasteiger partial charge in [0, 0.05) is 5.92 Å². The Hall–Kier alpha value is -2.09. The first-order valence-corrected chi connectivity index (χ1v) is 3.89. The molecule has 0 saturated heterocycles. The van der Waals surface area contributed by atoms with Gasteiger partial charge in [0.2, 0.25) is 0 Å². The molecule has 1 aromatic carbocycles. The van der Waals surface area contributed by atoms with Crippen molar-refractivity contribution in [3.05, 3.63) is 29.3 Å². The van der Waals surface area contributed by atoms with Crippen molar-refractivity contribution in [2.45, 2.75) is 0 Å². The number of carbonyl (C=O) groups excluding carboxylic acids is 1. The number of anilines is 1. The van der Waals surface area contributed by atoms with E-state index in [2.05, 4.69) is 10.7 Å². The Morgan fingerprint density at radius 1 is 1.40 bits per heavy atom. The van der Waals surface area contributed by atoms with E-state index in [1.807, 2.05) is 5.92 Å². The molecule has 0 atom stereocenters. The number of carbonyl (C=O) groups is 1. The highest BCUT2D eigenvalue weighted by Gasteiger charge is 2.09. The summed E-state index contributed by atoms with van der Waals surface area (Å²) in [5, 5.41) is 0. The van der Waals surface area contributed by atoms with Gasteiger partial charge in [0.1, 0.15) is 0 Å². The standard InChI is InChI=1S/C10H7F2NO2/c1-15-8(14)5-3-6-2-4-7(13)10(12)9(6)11/h2,4H,13H2,1H3. The molecule has 0 fully saturated rings. The highest BCUT2D eigenvalue weighted by atomic mass is 19.2. The van der Waals surface area contributed by atoms with Crippen molar-refractivity contribution in [2.75, 3.05) is 12.8 Å². The maximum absolute atomic E-state index is 13.1. The Morgan fingerprint density at radius 2 is 2.07 bits per heavy atom. The number of nitrogens with two attached hydrogens (primary N) is 1. The van der Waals surface area contributed by atoms with Crippen LogP contribution in [0.25, 0.3) is 0 Å². The molecule has 0 saturated carbocycles. The van der Waals surface area contributed by atoms with E-state index in [-0.39, 0.29) is 11.3 Å². The van der Waals surface area contributed by atoms with Crippen molar-refractivity contribution in [3.8, 4) is 11.8 Å². The lowest BCUT2D eigenvalue weighted by Crippen LogP contribution is -1.98. The van der Waals surface area contributed by atoms with E-state index in [0.29, 0.717) is 0 Å². The van der Waals surface area contributed by atoms with Crippen molar-refractivity contribution in [1.82, 2.24) is 0 Å². The third-order valence-electron chi connectivity index (χ3n) is 1.60. The third kappa shape index (κ3) is 2.44. The van der Waals surface area contributed by atoms with E-state index in [4.69, 9.17) is 5.73 Å². The summed E-state index contributed by atoms with van der Waals surface area (Å²) in [4.78, 5) is 10.6. The van der Waals surface area contributed by atoms with E-state index in [1.165, 1.54) is 12.1 Å². The zero-order valence-electron chi connectivity index (χ0n) is 7.80. The first kappa shape index (κ1) is 11.0. The number of halogens is 2. The summed E-state index contributed by atoms with van der Waals surface area (Å²) in [7, 11) is 1.14. The average molecular weight is 211 g/mol. The maximum Gasteiger partial charge on any atom is 0.384 e. The highest BCUT2D eigenvalue weighted by Crippen LogP contribution is 2.16. The fraction of sp³-hybridized carbons (Fsp3) is 0.100. The van der Waals surface area contributed by atoms with Crippen LogP contribution in [0.2, 0.25) is 0 Å². The summed E-state index contributed by atoms with van der Waals surface area (Å²) in [6.07, 6.45) is 0. The topological polar surface area (TPSA) is 52.3 Å². The molecule has 0 aliphatic rings. The summed E-state index contributed by atoms with van der Waals surface area (Å²) < 4.78 is 30.2. The van der Waals surface area contributed by atoms with Crippen molar-refractivity contribution >= 4 is 11.7 Å². The van der Waals surface area contributed by atoms with Crippen LogP contribution in [0.5, 0.6) is 0 Å². The van der Waals surface area contributed by atoms with Crippen molar-refractivity contribution in [3.63, 3.8) is 0 Å². The number of hydrogen-bond donors (Lipinski definition) is 1. The van der Waals surface area contributed by atoms with Crippen LogP contribution in [0.1, 0.15) is 5.56 Å². The van der Waals surface area contributed by atoms with Crippen LogP contribution in [0, 0.1) is 23.5 Å². The normalized spacial score (nSPS) is 9.00. The molecule has 1 rings (SSSR count). The maximum atomic E-state index is 13.1. The van der Waals surface area contributed by atoms with Gasteiger partial charge in [-0.15, -0.1) is 0 Å². The second-order valence-corrected chi connectivity index (χ2v) is 2.57. The van der Waals surface area contributed by atoms with Gasteiger partial charge in [0.05, 0.1) is 18.4 Å². The molecule has 0 radical (unpaired) electrons. The molecule has 0 aromatic heterocycles. The molecule has 0 unspecified atom stereocenters. The zero-order valence-corrected chi connectivity index (χ0v) is 7.80. The molecule has 5 heteroatoms. The van der Waals surface area contributed by atoms with Crippen LogP contribution in [-0.2, 0) is 9.53 Å². The Balaban J connectivity index is 3.10. The fourth-order valence-corrected chi connectivity index (χ4v) is 0.830. The summed E-state index contributed by atoms with van der Waals surface area (Å²) in [6.45, 7) is 0. The van der Waals surface area contributed by atoms with Crippen LogP contribution < -0.4 is 5.73 Å². The molecule has 3 nitrogen and oxygen atoms in total. The number of nitrogen functional groups attached to an aromatic ring is 1. The second-order valence-electron chi connectivity index (χ2n) is 2.57. The molecular weight excluding hydrogens is 204 g/mol. The van der Waals surface area contributed by atoms with Crippen LogP contribution in [-0.4, -0.2) is 13.1 Å². The molecule has 0 aliphatic carbocycles. The first-order chi connectivity index (χ1) is 7.06. The Morgan fingerprint density at radius 3 is 2.67 bits per heavy atom. The van der Waals surface area contributed by atoms with Gasteiger partial charge in [-0.05, 0) is 12.1 Å². The van der Waals surface area contributed by atoms with Gasteiger partial charge in [-0.2, -0.15) is 0 Å². The molecule has 15 heavy (non-hydrogen) atoms. The predicted octanol–water partition coefficient (Wildman–Crippen LogP) is 1.07. The highest BCUT2D eigenvalue weighted by molar-refractivity contribution is 5.89. The van der Waals surface area contributed by atoms with E-state index >= 15 is 0 Å². The zero-order chi connectivity index (χ0) is 11.4. The van der Waals surface area contributed by atoms with Crippen LogP contribution in [0.4, 0.5) is 14.5 Å². The molecule has 0 heterocycles. The number of methoxy groups -OCH3 is 1. The summed E-state index contributed by atoms with van der Waals surface area (Å²) in [5.74, 6) is 0.938. The Bertz CT molecular complexity index is 460. The number of ether oxygens (including phenoxy) is 1. The SMILES string of the molecule is COC(=O)C#Cc1ccc(N)c(F)c1F. The summed E-state index contributed by atoms with van der Waals surface area (Å²) in [6, 6.07) is 2.35. The Labute approximate surface area is 84.8 Å². The quantitative estimate of drug-likeness (QED) is 0.396. The van der Waals surface area contributed by atoms with E-state index in [0.717, 1.165) is 7.11 Å². The van der Waals surface area contributed by atoms with Gasteiger partial charge >= 0.3 is 5.97 Å². The molecule has 0 aliphatic heterocycles. The summed E-state index contributed by atoms with van der Waals surface area (Å²) >= 11 is 0. The molecule has 0 spiro atoms. The van der Waals surface area contributed by atoms with Crippen molar-refractivity contribution < 1.29 is 18.3 Å². The number of hydrogen-bond acceptors (Lipinski definition) is 3. The predicted molar refractivity (Wildman–Crippen MR) is 49.7 cm³/mol. The Kier molecular flexibility index (Phi) is 3.24. The van der Waals surface area contributed by atoms with Gasteiger partial charge in [-0.1, -0.05) is 5.92 Å². The van der Waals surface area contributed by atoms with Gasteiger partial charge in [-0.3, -0.25) is 0 Å². The minimum absolute atomic E-state index is 0.243. The van der Waals surface area contributed by atoms with Gasteiger partial charge in [0.15, 0.2) is 11.6 Å². The largest absolute Gasteiger partial charge is 0.459 e. The number of rotatable bonds is 0. The lowest BCUT2D eigenvalue weighted by molar-refractivity contribution is -0.133. The minimum Gasteiger partial charge on any atom is -0.459 e. The van der Waals surface area contributed by atoms with Crippen molar-refractivity contribution in [2.24, 2.45) is 0 Å². The molecule has 0 amide bonds.